The summed E-state index contributed by atoms with van der Waals surface area (Å²) in [5, 5.41) is 3.24. The third kappa shape index (κ3) is 3.66. The Bertz CT molecular complexity index is 349. The van der Waals surface area contributed by atoms with Crippen molar-refractivity contribution in [2.75, 3.05) is 19.0 Å². The van der Waals surface area contributed by atoms with Crippen molar-refractivity contribution in [2.24, 2.45) is 0 Å². The molecule has 0 amide bonds. The van der Waals surface area contributed by atoms with Crippen molar-refractivity contribution in [3.8, 4) is 0 Å². The molecule has 1 rings (SSSR count). The van der Waals surface area contributed by atoms with Gasteiger partial charge in [0.2, 0.25) is 0 Å². The second-order valence-electron chi connectivity index (χ2n) is 4.35. The molecule has 0 aliphatic carbocycles. The first-order valence-electron chi connectivity index (χ1n) is 6.27. The third-order valence-electron chi connectivity index (χ3n) is 2.66. The van der Waals surface area contributed by atoms with Crippen molar-refractivity contribution in [1.29, 1.82) is 0 Å². The van der Waals surface area contributed by atoms with Gasteiger partial charge in [0.05, 0.1) is 0 Å². The van der Waals surface area contributed by atoms with Gasteiger partial charge in [-0.15, -0.1) is 0 Å². The highest BCUT2D eigenvalue weighted by molar-refractivity contribution is 5.37. The van der Waals surface area contributed by atoms with E-state index in [1.54, 1.807) is 7.11 Å². The van der Waals surface area contributed by atoms with Crippen LogP contribution in [0.25, 0.3) is 0 Å². The van der Waals surface area contributed by atoms with Crippen LogP contribution in [0, 0.1) is 0 Å². The minimum absolute atomic E-state index is 0.0221. The largest absolute Gasteiger partial charge is 0.373 e. The monoisotopic (exact) mass is 237 g/mol. The van der Waals surface area contributed by atoms with Crippen LogP contribution in [-0.2, 0) is 4.74 Å². The Hall–Kier alpha value is -1.16. The van der Waals surface area contributed by atoms with Gasteiger partial charge < -0.3 is 10.1 Å². The Morgan fingerprint density at radius 3 is 2.47 bits per heavy atom. The topological polar surface area (TPSA) is 47.0 Å². The molecule has 0 aliphatic rings. The van der Waals surface area contributed by atoms with E-state index in [1.165, 1.54) is 0 Å². The van der Waals surface area contributed by atoms with Crippen molar-refractivity contribution in [2.45, 2.75) is 46.1 Å². The molecule has 4 nitrogen and oxygen atoms in total. The van der Waals surface area contributed by atoms with E-state index in [2.05, 4.69) is 43.0 Å². The molecule has 17 heavy (non-hydrogen) atoms. The van der Waals surface area contributed by atoms with Gasteiger partial charge in [-0.3, -0.25) is 0 Å². The summed E-state index contributed by atoms with van der Waals surface area (Å²) in [5.74, 6) is 2.05. The van der Waals surface area contributed by atoms with Crippen molar-refractivity contribution in [1.82, 2.24) is 9.97 Å². The number of hydrogen-bond acceptors (Lipinski definition) is 4. The Kier molecular flexibility index (Phi) is 5.35. The van der Waals surface area contributed by atoms with Crippen LogP contribution >= 0.6 is 0 Å². The minimum Gasteiger partial charge on any atom is -0.373 e. The molecule has 0 aromatic carbocycles. The van der Waals surface area contributed by atoms with Gasteiger partial charge >= 0.3 is 0 Å². The summed E-state index contributed by atoms with van der Waals surface area (Å²) in [7, 11) is 1.70. The van der Waals surface area contributed by atoms with Crippen LogP contribution in [0.15, 0.2) is 6.07 Å². The Morgan fingerprint density at radius 1 is 1.29 bits per heavy atom. The van der Waals surface area contributed by atoms with Gasteiger partial charge in [0.25, 0.3) is 0 Å². The molecular weight excluding hydrogens is 214 g/mol. The van der Waals surface area contributed by atoms with Gasteiger partial charge in [-0.25, -0.2) is 9.97 Å². The van der Waals surface area contributed by atoms with Crippen molar-refractivity contribution in [3.05, 3.63) is 17.6 Å². The van der Waals surface area contributed by atoms with E-state index in [-0.39, 0.29) is 6.10 Å². The molecule has 96 valence electrons. The van der Waals surface area contributed by atoms with Crippen molar-refractivity contribution in [3.63, 3.8) is 0 Å². The van der Waals surface area contributed by atoms with Gasteiger partial charge in [-0.1, -0.05) is 20.8 Å². The molecule has 0 bridgehead atoms. The molecule has 0 fully saturated rings. The van der Waals surface area contributed by atoms with Crippen LogP contribution < -0.4 is 5.32 Å². The fourth-order valence-electron chi connectivity index (χ4n) is 1.65. The second kappa shape index (κ2) is 6.55. The Labute approximate surface area is 104 Å². The first kappa shape index (κ1) is 13.9. The maximum absolute atomic E-state index is 5.40. The maximum atomic E-state index is 5.40. The molecule has 1 heterocycles. The summed E-state index contributed by atoms with van der Waals surface area (Å²) in [5.41, 5.74) is 1.06. The molecule has 0 spiro atoms. The van der Waals surface area contributed by atoms with Crippen molar-refractivity contribution >= 4 is 5.82 Å². The summed E-state index contributed by atoms with van der Waals surface area (Å²) in [6.07, 6.45) is 0.856. The van der Waals surface area contributed by atoms with Gasteiger partial charge in [-0.05, 0) is 19.3 Å². The Morgan fingerprint density at radius 2 is 2.00 bits per heavy atom. The maximum Gasteiger partial charge on any atom is 0.159 e. The number of anilines is 1. The number of rotatable bonds is 6. The van der Waals surface area contributed by atoms with Crippen LogP contribution in [-0.4, -0.2) is 23.6 Å². The predicted molar refractivity (Wildman–Crippen MR) is 70.3 cm³/mol. The van der Waals surface area contributed by atoms with Crippen LogP contribution in [0.3, 0.4) is 0 Å². The molecule has 1 unspecified atom stereocenters. The molecule has 1 aromatic heterocycles. The number of methoxy groups -OCH3 is 1. The number of aromatic nitrogens is 2. The summed E-state index contributed by atoms with van der Waals surface area (Å²) in [6, 6.07) is 2.01. The highest BCUT2D eigenvalue weighted by Crippen LogP contribution is 2.22. The van der Waals surface area contributed by atoms with Gasteiger partial charge in [-0.2, -0.15) is 0 Å². The van der Waals surface area contributed by atoms with Crippen LogP contribution in [0.2, 0.25) is 0 Å². The standard InChI is InChI=1S/C13H23N3O/c1-6-11(17-5)13-15-10(9(3)4)8-12(16-13)14-7-2/h8-9,11H,6-7H2,1-5H3,(H,14,15,16). The molecule has 0 saturated carbocycles. The molecule has 1 aromatic rings. The molecule has 1 N–H and O–H groups in total. The van der Waals surface area contributed by atoms with Crippen LogP contribution in [0.5, 0.6) is 0 Å². The number of ether oxygens (including phenoxy) is 1. The zero-order valence-corrected chi connectivity index (χ0v) is 11.4. The first-order valence-corrected chi connectivity index (χ1v) is 6.27. The van der Waals surface area contributed by atoms with E-state index in [4.69, 9.17) is 4.74 Å². The molecule has 4 heteroatoms. The van der Waals surface area contributed by atoms with E-state index >= 15 is 0 Å². The highest BCUT2D eigenvalue weighted by Gasteiger charge is 2.15. The van der Waals surface area contributed by atoms with E-state index in [0.29, 0.717) is 5.92 Å². The lowest BCUT2D eigenvalue weighted by atomic mass is 10.1. The lowest BCUT2D eigenvalue weighted by Crippen LogP contribution is -2.11. The quantitative estimate of drug-likeness (QED) is 0.825. The third-order valence-corrected chi connectivity index (χ3v) is 2.66. The molecule has 0 saturated heterocycles. The van der Waals surface area contributed by atoms with Gasteiger partial charge in [0, 0.05) is 25.4 Å². The molecule has 0 aliphatic heterocycles. The Balaban J connectivity index is 3.10. The van der Waals surface area contributed by atoms with E-state index in [9.17, 15) is 0 Å². The van der Waals surface area contributed by atoms with Gasteiger partial charge in [0.15, 0.2) is 5.82 Å². The SMILES string of the molecule is CCNc1cc(C(C)C)nc(C(CC)OC)n1. The van der Waals surface area contributed by atoms with Gasteiger partial charge in [0.1, 0.15) is 11.9 Å². The predicted octanol–water partition coefficient (Wildman–Crippen LogP) is 3.13. The summed E-state index contributed by atoms with van der Waals surface area (Å²) in [6.45, 7) is 9.26. The molecule has 0 radical (unpaired) electrons. The lowest BCUT2D eigenvalue weighted by Gasteiger charge is -2.16. The van der Waals surface area contributed by atoms with Crippen LogP contribution in [0.1, 0.15) is 57.7 Å². The highest BCUT2D eigenvalue weighted by atomic mass is 16.5. The zero-order chi connectivity index (χ0) is 12.8. The van der Waals surface area contributed by atoms with Crippen molar-refractivity contribution < 1.29 is 4.74 Å². The first-order chi connectivity index (χ1) is 8.12. The number of hydrogen-bond donors (Lipinski definition) is 1. The lowest BCUT2D eigenvalue weighted by molar-refractivity contribution is 0.0924. The minimum atomic E-state index is -0.0221. The second-order valence-corrected chi connectivity index (χ2v) is 4.35. The fraction of sp³-hybridized carbons (Fsp3) is 0.692. The van der Waals surface area contributed by atoms with Crippen LogP contribution in [0.4, 0.5) is 5.82 Å². The van der Waals surface area contributed by atoms with E-state index < -0.39 is 0 Å². The summed E-state index contributed by atoms with van der Waals surface area (Å²) < 4.78 is 5.40. The van der Waals surface area contributed by atoms with E-state index in [0.717, 1.165) is 30.3 Å². The number of nitrogens with one attached hydrogen (secondary N) is 1. The summed E-state index contributed by atoms with van der Waals surface area (Å²) in [4.78, 5) is 9.08. The molecule has 1 atom stereocenters. The summed E-state index contributed by atoms with van der Waals surface area (Å²) >= 11 is 0. The zero-order valence-electron chi connectivity index (χ0n) is 11.4. The molecular formula is C13H23N3O. The van der Waals surface area contributed by atoms with E-state index in [1.807, 2.05) is 6.07 Å². The fourth-order valence-corrected chi connectivity index (χ4v) is 1.65. The average Bonchev–Trinajstić information content (AvgIpc) is 2.31. The normalized spacial score (nSPS) is 12.8. The smallest absolute Gasteiger partial charge is 0.159 e. The number of nitrogens with zero attached hydrogens (tertiary/aromatic N) is 2. The average molecular weight is 237 g/mol.